The maximum atomic E-state index is 15.0. The number of rotatable bonds is 16. The Labute approximate surface area is 454 Å². The lowest BCUT2D eigenvalue weighted by Crippen LogP contribution is -2.30. The molecule has 79 heavy (non-hydrogen) atoms. The highest BCUT2D eigenvalue weighted by atomic mass is 32.2. The van der Waals surface area contributed by atoms with Crippen molar-refractivity contribution in [2.75, 3.05) is 37.0 Å². The van der Waals surface area contributed by atoms with E-state index in [9.17, 15) is 52.0 Å². The monoisotopic (exact) mass is 1190 g/mol. The Kier molecular flexibility index (Phi) is 19.3. The number of aryl methyl sites for hydroxylation is 2. The summed E-state index contributed by atoms with van der Waals surface area (Å²) in [5, 5.41) is 8.95. The quantitative estimate of drug-likeness (QED) is 0.0898. The molecule has 16 nitrogen and oxygen atoms in total. The maximum Gasteiger partial charge on any atom is 0.416 e. The molecule has 29 heteroatoms. The molecule has 0 aliphatic heterocycles. The summed E-state index contributed by atoms with van der Waals surface area (Å²) < 4.78 is 207. The normalized spacial score (nSPS) is 11.6. The van der Waals surface area contributed by atoms with E-state index in [1.165, 1.54) is 67.1 Å². The number of aromatic nitrogens is 4. The van der Waals surface area contributed by atoms with Gasteiger partial charge in [0.2, 0.25) is 10.3 Å². The van der Waals surface area contributed by atoms with Crippen molar-refractivity contribution < 1.29 is 85.1 Å². The van der Waals surface area contributed by atoms with Crippen LogP contribution in [0.5, 0.6) is 40.2 Å². The van der Waals surface area contributed by atoms with Crippen LogP contribution in [-0.2, 0) is 45.5 Å². The third-order valence-electron chi connectivity index (χ3n) is 10.7. The van der Waals surface area contributed by atoms with Gasteiger partial charge in [-0.3, -0.25) is 0 Å². The summed E-state index contributed by atoms with van der Waals surface area (Å²) in [6.07, 6.45) is -6.62. The number of ether oxygens (including phenoxy) is 5. The van der Waals surface area contributed by atoms with Gasteiger partial charge < -0.3 is 28.8 Å². The van der Waals surface area contributed by atoms with Crippen molar-refractivity contribution in [3.63, 3.8) is 0 Å². The SMILES string of the molecule is COc1ccc(CN(c2ncns2)S(=O)(=O)c2ccc(F)c(F)c2)c(OC)c1.COc1ccc(CN(c2ncns2)S(=O)(=O)c2ccc(Oc3cc(C)cc(C(F)(F)F)c3)c(F)c2)c(OC)c1.Cc1cc(O)cc(C(F)(F)F)c1. The van der Waals surface area contributed by atoms with Gasteiger partial charge in [-0.15, -0.1) is 0 Å². The van der Waals surface area contributed by atoms with Crippen LogP contribution in [0.15, 0.2) is 132 Å². The summed E-state index contributed by atoms with van der Waals surface area (Å²) in [5.41, 5.74) is -0.149. The Balaban J connectivity index is 0.000000218. The molecule has 0 spiro atoms. The van der Waals surface area contributed by atoms with Gasteiger partial charge in [-0.05, 0) is 122 Å². The highest BCUT2D eigenvalue weighted by Crippen LogP contribution is 2.38. The van der Waals surface area contributed by atoms with Gasteiger partial charge in [-0.1, -0.05) is 0 Å². The minimum atomic E-state index is -4.62. The van der Waals surface area contributed by atoms with Crippen LogP contribution in [-0.4, -0.2) is 69.1 Å². The summed E-state index contributed by atoms with van der Waals surface area (Å²) in [6, 6.07) is 20.9. The van der Waals surface area contributed by atoms with E-state index in [2.05, 4.69) is 18.7 Å². The molecule has 8 rings (SSSR count). The Bertz CT molecular complexity index is 3600. The van der Waals surface area contributed by atoms with Crippen molar-refractivity contribution in [1.29, 1.82) is 0 Å². The molecule has 0 saturated carbocycles. The van der Waals surface area contributed by atoms with E-state index in [-0.39, 0.29) is 40.4 Å². The number of benzene rings is 6. The summed E-state index contributed by atoms with van der Waals surface area (Å²) in [7, 11) is -2.82. The van der Waals surface area contributed by atoms with Crippen molar-refractivity contribution in [3.8, 4) is 40.2 Å². The van der Waals surface area contributed by atoms with Crippen LogP contribution in [0.25, 0.3) is 0 Å². The van der Waals surface area contributed by atoms with Crippen molar-refractivity contribution in [2.45, 2.75) is 49.1 Å². The zero-order chi connectivity index (χ0) is 58.0. The van der Waals surface area contributed by atoms with Crippen molar-refractivity contribution in [3.05, 3.63) is 173 Å². The minimum Gasteiger partial charge on any atom is -0.508 e. The number of anilines is 2. The molecule has 0 saturated heterocycles. The number of phenolic OH excluding ortho intramolecular Hbond substituents is 1. The van der Waals surface area contributed by atoms with Gasteiger partial charge in [0.15, 0.2) is 23.2 Å². The van der Waals surface area contributed by atoms with Crippen LogP contribution in [0.2, 0.25) is 0 Å². The fourth-order valence-corrected chi connectivity index (χ4v) is 11.3. The van der Waals surface area contributed by atoms with Crippen LogP contribution in [0.3, 0.4) is 0 Å². The summed E-state index contributed by atoms with van der Waals surface area (Å²) >= 11 is 1.67. The lowest BCUT2D eigenvalue weighted by molar-refractivity contribution is -0.138. The second-order valence-electron chi connectivity index (χ2n) is 16.2. The summed E-state index contributed by atoms with van der Waals surface area (Å²) in [5.74, 6) is -2.78. The molecule has 0 fully saturated rings. The van der Waals surface area contributed by atoms with Crippen LogP contribution in [0.4, 0.5) is 49.8 Å². The number of alkyl halides is 6. The molecular weight excluding hydrogens is 1140 g/mol. The number of nitrogens with zero attached hydrogens (tertiary/aromatic N) is 6. The molecule has 0 aliphatic rings. The lowest BCUT2D eigenvalue weighted by atomic mass is 10.1. The zero-order valence-electron chi connectivity index (χ0n) is 41.8. The molecule has 420 valence electrons. The van der Waals surface area contributed by atoms with E-state index < -0.39 is 76.5 Å². The van der Waals surface area contributed by atoms with E-state index in [4.69, 9.17) is 28.8 Å². The van der Waals surface area contributed by atoms with Gasteiger partial charge in [0.1, 0.15) is 47.2 Å². The molecular formula is C50H43F9N6O10S4. The number of hydrogen-bond donors (Lipinski definition) is 1. The second kappa shape index (κ2) is 25.3. The molecule has 1 N–H and O–H groups in total. The molecule has 0 aliphatic carbocycles. The topological polar surface area (TPSA) is 193 Å². The third-order valence-corrected chi connectivity index (χ3v) is 15.8. The first-order chi connectivity index (χ1) is 37.2. The van der Waals surface area contributed by atoms with Gasteiger partial charge in [0.05, 0.1) is 62.4 Å². The standard InChI is InChI=1S/C25H21F4N3O5S2.C17H15F2N3O4S2.C8H7F3O/c1-15-8-17(25(27,28)29)10-19(9-15)37-22-7-6-20(12-21(22)26)39(33,34)32(24-30-14-31-38-24)13-16-4-5-18(35-2)11-23(16)36-3;1-25-12-4-3-11(16(7-12)26-2)9-22(17-20-10-21-27-17)28(23,24)13-5-6-14(18)15(19)8-13;1-5-2-6(8(9,10)11)4-7(12)3-5/h4-12,14H,13H2,1-3H3;3-8,10H,9H2,1-2H3;2-4,12H,1H3. The smallest absolute Gasteiger partial charge is 0.416 e. The van der Waals surface area contributed by atoms with Crippen LogP contribution < -0.4 is 32.3 Å². The second-order valence-corrected chi connectivity index (χ2v) is 21.4. The van der Waals surface area contributed by atoms with Gasteiger partial charge in [0, 0.05) is 46.3 Å². The molecule has 2 heterocycles. The fourth-order valence-electron chi connectivity index (χ4n) is 6.98. The Morgan fingerprint density at radius 3 is 1.37 bits per heavy atom. The predicted octanol–water partition coefficient (Wildman–Crippen LogP) is 12.2. The average Bonchev–Trinajstić information content (AvgIpc) is 4.23. The van der Waals surface area contributed by atoms with Crippen LogP contribution >= 0.6 is 23.1 Å². The first-order valence-corrected chi connectivity index (χ1v) is 26.6. The van der Waals surface area contributed by atoms with Gasteiger partial charge in [0.25, 0.3) is 20.0 Å². The lowest BCUT2D eigenvalue weighted by Gasteiger charge is -2.23. The van der Waals surface area contributed by atoms with Gasteiger partial charge >= 0.3 is 12.4 Å². The zero-order valence-corrected chi connectivity index (χ0v) is 45.1. The highest BCUT2D eigenvalue weighted by molar-refractivity contribution is 7.93. The molecule has 8 aromatic rings. The number of phenols is 1. The molecule has 0 amide bonds. The fraction of sp³-hybridized carbons (Fsp3) is 0.200. The van der Waals surface area contributed by atoms with Gasteiger partial charge in [-0.25, -0.2) is 48.6 Å². The third kappa shape index (κ3) is 15.2. The number of sulfonamides is 2. The molecule has 0 atom stereocenters. The van der Waals surface area contributed by atoms with Gasteiger partial charge in [-0.2, -0.15) is 35.1 Å². The van der Waals surface area contributed by atoms with Crippen molar-refractivity contribution in [1.82, 2.24) is 18.7 Å². The Hall–Kier alpha value is -7.89. The largest absolute Gasteiger partial charge is 0.508 e. The molecule has 6 aromatic carbocycles. The Morgan fingerprint density at radius 1 is 0.506 bits per heavy atom. The summed E-state index contributed by atoms with van der Waals surface area (Å²) in [4.78, 5) is 7.12. The number of hydrogen-bond acceptors (Lipinski definition) is 16. The summed E-state index contributed by atoms with van der Waals surface area (Å²) in [6.45, 7) is 2.54. The molecule has 0 unspecified atom stereocenters. The molecule has 0 radical (unpaired) electrons. The Morgan fingerprint density at radius 2 is 0.962 bits per heavy atom. The predicted molar refractivity (Wildman–Crippen MR) is 273 cm³/mol. The van der Waals surface area contributed by atoms with E-state index in [0.29, 0.717) is 51.8 Å². The van der Waals surface area contributed by atoms with E-state index in [1.54, 1.807) is 36.4 Å². The van der Waals surface area contributed by atoms with E-state index in [0.717, 1.165) is 80.2 Å². The van der Waals surface area contributed by atoms with E-state index in [1.807, 2.05) is 0 Å². The number of aromatic hydroxyl groups is 1. The van der Waals surface area contributed by atoms with Crippen molar-refractivity contribution >= 4 is 53.4 Å². The molecule has 0 bridgehead atoms. The first kappa shape index (κ1) is 60.3. The molecule has 2 aromatic heterocycles. The average molecular weight is 1190 g/mol. The van der Waals surface area contributed by atoms with Crippen molar-refractivity contribution in [2.24, 2.45) is 0 Å². The van der Waals surface area contributed by atoms with Crippen LogP contribution in [0.1, 0.15) is 33.4 Å². The van der Waals surface area contributed by atoms with E-state index >= 15 is 4.39 Å². The number of methoxy groups -OCH3 is 4. The maximum absolute atomic E-state index is 15.0. The highest BCUT2D eigenvalue weighted by Gasteiger charge is 2.34. The first-order valence-electron chi connectivity index (χ1n) is 22.2. The number of halogens is 9. The van der Waals surface area contributed by atoms with Crippen LogP contribution in [0, 0.1) is 31.3 Å². The minimum absolute atomic E-state index is 0.0213.